The summed E-state index contributed by atoms with van der Waals surface area (Å²) >= 11 is 0. The van der Waals surface area contributed by atoms with E-state index in [4.69, 9.17) is 5.11 Å². The Morgan fingerprint density at radius 3 is 2.73 bits per heavy atom. The summed E-state index contributed by atoms with van der Waals surface area (Å²) in [5.41, 5.74) is 0.334. The monoisotopic (exact) mass is 210 g/mol. The van der Waals surface area contributed by atoms with Gasteiger partial charge in [-0.15, -0.1) is 0 Å². The van der Waals surface area contributed by atoms with E-state index in [2.05, 4.69) is 10.4 Å². The summed E-state index contributed by atoms with van der Waals surface area (Å²) in [6.07, 6.45) is 2.99. The highest BCUT2D eigenvalue weighted by atomic mass is 16.4. The second-order valence-electron chi connectivity index (χ2n) is 3.12. The molecule has 0 saturated carbocycles. The van der Waals surface area contributed by atoms with Gasteiger partial charge in [0.2, 0.25) is 0 Å². The molecule has 1 rings (SSSR count). The van der Waals surface area contributed by atoms with Crippen LogP contribution in [0.3, 0.4) is 0 Å². The molecule has 0 aromatic carbocycles. The molecular weight excluding hydrogens is 198 g/mol. The van der Waals surface area contributed by atoms with Gasteiger partial charge >= 0.3 is 5.97 Å². The third-order valence-corrected chi connectivity index (χ3v) is 1.83. The number of carboxylic acid groups (broad SMARTS) is 1. The molecule has 0 fully saturated rings. The van der Waals surface area contributed by atoms with Crippen LogP contribution in [-0.2, 0) is 11.8 Å². The summed E-state index contributed by atoms with van der Waals surface area (Å²) in [4.78, 5) is 21.9. The zero-order chi connectivity index (χ0) is 11.4. The fraction of sp³-hybridized carbons (Fsp3) is 0.333. The van der Waals surface area contributed by atoms with Gasteiger partial charge in [0, 0.05) is 6.07 Å². The number of aliphatic carboxylic acids is 1. The number of amides is 1. The minimum atomic E-state index is -1.07. The molecule has 2 N–H and O–H groups in total. The van der Waals surface area contributed by atoms with Gasteiger partial charge in [-0.2, -0.15) is 0 Å². The average molecular weight is 210 g/mol. The molecule has 0 aliphatic heterocycles. The highest BCUT2D eigenvalue weighted by Crippen LogP contribution is 1.94. The summed E-state index contributed by atoms with van der Waals surface area (Å²) in [5, 5.41) is 14.8. The predicted octanol–water partition coefficient (Wildman–Crippen LogP) is -0.891. The molecule has 0 radical (unpaired) electrons. The topological polar surface area (TPSA) is 83.2 Å². The quantitative estimate of drug-likeness (QED) is 0.634. The van der Waals surface area contributed by atoms with E-state index >= 15 is 0 Å². The second kappa shape index (κ2) is 4.50. The van der Waals surface area contributed by atoms with Gasteiger partial charge in [0.15, 0.2) is 13.2 Å². The average Bonchev–Trinajstić information content (AvgIpc) is 2.18. The lowest BCUT2D eigenvalue weighted by atomic mass is 10.2. The van der Waals surface area contributed by atoms with Crippen LogP contribution in [0.4, 0.5) is 0 Å². The first-order valence-electron chi connectivity index (χ1n) is 4.36. The molecule has 1 heterocycles. The standard InChI is InChI=1S/C9H11N3O3/c1-6(9(14)15)11-8(13)7-3-4-12(2)10-5-7/h3-6H,1-2H3,(H-,11,13,14,15)/p+1. The fourth-order valence-electron chi connectivity index (χ4n) is 0.899. The number of hydrogen-bond donors (Lipinski definition) is 2. The zero-order valence-electron chi connectivity index (χ0n) is 8.47. The molecule has 80 valence electrons. The minimum absolute atomic E-state index is 0.334. The smallest absolute Gasteiger partial charge is 0.325 e. The van der Waals surface area contributed by atoms with E-state index < -0.39 is 17.9 Å². The normalized spacial score (nSPS) is 11.9. The molecule has 0 saturated heterocycles. The van der Waals surface area contributed by atoms with Crippen LogP contribution in [-0.4, -0.2) is 28.1 Å². The van der Waals surface area contributed by atoms with Crippen LogP contribution in [0.25, 0.3) is 0 Å². The van der Waals surface area contributed by atoms with Crippen molar-refractivity contribution in [3.8, 4) is 0 Å². The van der Waals surface area contributed by atoms with Crippen molar-refractivity contribution < 1.29 is 19.4 Å². The van der Waals surface area contributed by atoms with Gasteiger partial charge in [-0.3, -0.25) is 9.59 Å². The first-order chi connectivity index (χ1) is 7.00. The first kappa shape index (κ1) is 11.1. The Labute approximate surface area is 86.5 Å². The van der Waals surface area contributed by atoms with Gasteiger partial charge in [-0.05, 0) is 12.0 Å². The van der Waals surface area contributed by atoms with Crippen molar-refractivity contribution in [3.05, 3.63) is 24.0 Å². The largest absolute Gasteiger partial charge is 0.480 e. The molecule has 0 spiro atoms. The van der Waals surface area contributed by atoms with Crippen molar-refractivity contribution in [1.29, 1.82) is 0 Å². The molecule has 1 aromatic heterocycles. The molecule has 0 aliphatic carbocycles. The molecule has 1 atom stereocenters. The zero-order valence-corrected chi connectivity index (χ0v) is 8.47. The number of carbonyl (C=O) groups excluding carboxylic acids is 1. The van der Waals surface area contributed by atoms with Crippen molar-refractivity contribution >= 4 is 11.9 Å². The Hall–Kier alpha value is -1.98. The summed E-state index contributed by atoms with van der Waals surface area (Å²) in [5.74, 6) is -1.52. The highest BCUT2D eigenvalue weighted by molar-refractivity contribution is 5.96. The third kappa shape index (κ3) is 3.01. The van der Waals surface area contributed by atoms with Crippen molar-refractivity contribution in [1.82, 2.24) is 10.4 Å². The molecular formula is C9H12N3O3+. The molecule has 1 aromatic rings. The fourth-order valence-corrected chi connectivity index (χ4v) is 0.899. The number of aryl methyl sites for hydroxylation is 1. The summed E-state index contributed by atoms with van der Waals surface area (Å²) < 4.78 is 1.54. The Bertz CT molecular complexity index is 375. The lowest BCUT2D eigenvalue weighted by Gasteiger charge is -2.07. The van der Waals surface area contributed by atoms with E-state index in [-0.39, 0.29) is 0 Å². The van der Waals surface area contributed by atoms with E-state index in [0.717, 1.165) is 0 Å². The van der Waals surface area contributed by atoms with Crippen molar-refractivity contribution in [3.63, 3.8) is 0 Å². The van der Waals surface area contributed by atoms with Gasteiger partial charge in [0.25, 0.3) is 5.91 Å². The van der Waals surface area contributed by atoms with Crippen LogP contribution in [0.2, 0.25) is 0 Å². The van der Waals surface area contributed by atoms with Crippen LogP contribution in [0.15, 0.2) is 18.5 Å². The number of nitrogens with one attached hydrogen (secondary N) is 1. The van der Waals surface area contributed by atoms with Crippen molar-refractivity contribution in [2.75, 3.05) is 0 Å². The van der Waals surface area contributed by atoms with Crippen LogP contribution in [0, 0.1) is 0 Å². The molecule has 0 bridgehead atoms. The van der Waals surface area contributed by atoms with Crippen LogP contribution < -0.4 is 10.00 Å². The highest BCUT2D eigenvalue weighted by Gasteiger charge is 2.15. The number of hydrogen-bond acceptors (Lipinski definition) is 3. The van der Waals surface area contributed by atoms with Gasteiger partial charge in [0.1, 0.15) is 12.2 Å². The number of rotatable bonds is 3. The van der Waals surface area contributed by atoms with E-state index in [1.54, 1.807) is 19.3 Å². The minimum Gasteiger partial charge on any atom is -0.480 e. The van der Waals surface area contributed by atoms with E-state index in [1.165, 1.54) is 17.8 Å². The third-order valence-electron chi connectivity index (χ3n) is 1.83. The lowest BCUT2D eigenvalue weighted by Crippen LogP contribution is -2.39. The Kier molecular flexibility index (Phi) is 3.33. The summed E-state index contributed by atoms with van der Waals surface area (Å²) in [7, 11) is 1.72. The predicted molar refractivity (Wildman–Crippen MR) is 50.0 cm³/mol. The molecule has 0 aliphatic rings. The van der Waals surface area contributed by atoms with Gasteiger partial charge in [-0.1, -0.05) is 4.68 Å². The number of nitrogens with zero attached hydrogens (tertiary/aromatic N) is 2. The van der Waals surface area contributed by atoms with Crippen LogP contribution >= 0.6 is 0 Å². The lowest BCUT2D eigenvalue weighted by molar-refractivity contribution is -0.730. The maximum atomic E-state index is 11.4. The Morgan fingerprint density at radius 2 is 2.27 bits per heavy atom. The van der Waals surface area contributed by atoms with E-state index in [0.29, 0.717) is 5.56 Å². The van der Waals surface area contributed by atoms with Gasteiger partial charge in [0.05, 0.1) is 5.56 Å². The molecule has 1 unspecified atom stereocenters. The second-order valence-corrected chi connectivity index (χ2v) is 3.12. The molecule has 1 amide bonds. The number of carboxylic acids is 1. The van der Waals surface area contributed by atoms with Crippen LogP contribution in [0.1, 0.15) is 17.3 Å². The number of aromatic nitrogens is 2. The molecule has 6 heteroatoms. The summed E-state index contributed by atoms with van der Waals surface area (Å²) in [6.45, 7) is 1.40. The maximum Gasteiger partial charge on any atom is 0.325 e. The molecule has 15 heavy (non-hydrogen) atoms. The first-order valence-corrected chi connectivity index (χ1v) is 4.36. The van der Waals surface area contributed by atoms with Gasteiger partial charge in [-0.25, -0.2) is 0 Å². The SMILES string of the molecule is CC(NC(=O)c1cc[n+](C)nc1)C(=O)O. The maximum absolute atomic E-state index is 11.4. The van der Waals surface area contributed by atoms with Crippen LogP contribution in [0.5, 0.6) is 0 Å². The number of carbonyl (C=O) groups is 2. The van der Waals surface area contributed by atoms with E-state index in [9.17, 15) is 9.59 Å². The van der Waals surface area contributed by atoms with Gasteiger partial charge < -0.3 is 10.4 Å². The van der Waals surface area contributed by atoms with Crippen molar-refractivity contribution in [2.24, 2.45) is 7.05 Å². The van der Waals surface area contributed by atoms with Crippen molar-refractivity contribution in [2.45, 2.75) is 13.0 Å². The Morgan fingerprint density at radius 1 is 1.60 bits per heavy atom. The van der Waals surface area contributed by atoms with E-state index in [1.807, 2.05) is 0 Å². The molecule has 6 nitrogen and oxygen atoms in total. The Balaban J connectivity index is 2.69. The summed E-state index contributed by atoms with van der Waals surface area (Å²) in [6, 6.07) is 0.656.